The molecule has 3 saturated heterocycles. The van der Waals surface area contributed by atoms with Gasteiger partial charge in [0.2, 0.25) is 0 Å². The molecule has 0 aromatic heterocycles. The molecule has 9 heteroatoms. The van der Waals surface area contributed by atoms with Crippen molar-refractivity contribution in [3.05, 3.63) is 83.0 Å². The number of aliphatic hydroxyl groups is 2. The SMILES string of the molecule is CC[C@H]1O[C@]2(CC[C@@H]1C)C[C@@H]1C[C@@H](C/C=C(\C)[C@H](OCC(O)c3ccccc3)[C@@H](C)/C=C/C=C3\CO[C@@H]4C(=O)C(C)=C[C@@H](C(=O)O1)[C@]34O)O2. The zero-order valence-electron chi connectivity index (χ0n) is 29.4. The van der Waals surface area contributed by atoms with Crippen molar-refractivity contribution in [1.82, 2.24) is 0 Å². The van der Waals surface area contributed by atoms with Crippen LogP contribution in [-0.4, -0.2) is 77.1 Å². The van der Waals surface area contributed by atoms with Gasteiger partial charge in [0.05, 0.1) is 31.5 Å². The van der Waals surface area contributed by atoms with E-state index in [-0.39, 0.29) is 43.2 Å². The minimum atomic E-state index is -1.88. The van der Waals surface area contributed by atoms with Crippen LogP contribution < -0.4 is 0 Å². The summed E-state index contributed by atoms with van der Waals surface area (Å²) in [5.41, 5.74) is 0.694. The molecule has 266 valence electrons. The number of hydrogen-bond donors (Lipinski definition) is 2. The molecule has 4 heterocycles. The van der Waals surface area contributed by atoms with Crippen LogP contribution in [0.5, 0.6) is 0 Å². The molecule has 1 unspecified atom stereocenters. The Morgan fingerprint density at radius 2 is 1.86 bits per heavy atom. The van der Waals surface area contributed by atoms with Gasteiger partial charge in [-0.05, 0) is 61.3 Å². The summed E-state index contributed by atoms with van der Waals surface area (Å²) in [6.45, 7) is 10.1. The van der Waals surface area contributed by atoms with E-state index in [0.717, 1.165) is 24.0 Å². The monoisotopic (exact) mass is 676 g/mol. The summed E-state index contributed by atoms with van der Waals surface area (Å²) in [5, 5.41) is 23.2. The van der Waals surface area contributed by atoms with Crippen molar-refractivity contribution in [2.75, 3.05) is 13.2 Å². The molecule has 6 rings (SSSR count). The Morgan fingerprint density at radius 1 is 1.08 bits per heavy atom. The number of rotatable bonds is 5. The highest BCUT2D eigenvalue weighted by molar-refractivity contribution is 6.03. The van der Waals surface area contributed by atoms with E-state index in [0.29, 0.717) is 42.7 Å². The van der Waals surface area contributed by atoms with Gasteiger partial charge in [-0.15, -0.1) is 0 Å². The molecular weight excluding hydrogens is 624 g/mol. The van der Waals surface area contributed by atoms with Crippen LogP contribution in [0.4, 0.5) is 0 Å². The Kier molecular flexibility index (Phi) is 10.8. The van der Waals surface area contributed by atoms with E-state index in [1.807, 2.05) is 56.3 Å². The van der Waals surface area contributed by atoms with Crippen molar-refractivity contribution in [2.24, 2.45) is 17.8 Å². The summed E-state index contributed by atoms with van der Waals surface area (Å²) >= 11 is 0. The fourth-order valence-corrected chi connectivity index (χ4v) is 8.27. The third-order valence-corrected chi connectivity index (χ3v) is 11.2. The molecule has 1 aromatic carbocycles. The second-order valence-corrected chi connectivity index (χ2v) is 14.7. The fourth-order valence-electron chi connectivity index (χ4n) is 8.27. The highest BCUT2D eigenvalue weighted by Gasteiger charge is 2.60. The smallest absolute Gasteiger partial charge is 0.316 e. The minimum absolute atomic E-state index is 0.00550. The summed E-state index contributed by atoms with van der Waals surface area (Å²) in [5.74, 6) is -2.68. The second kappa shape index (κ2) is 14.7. The first-order valence-electron chi connectivity index (χ1n) is 18.0. The first-order chi connectivity index (χ1) is 23.4. The van der Waals surface area contributed by atoms with Crippen LogP contribution in [0.25, 0.3) is 0 Å². The number of Topliss-reactive ketones (excluding diaryl/α,β-unsaturated/α-hetero) is 1. The van der Waals surface area contributed by atoms with Crippen LogP contribution >= 0.6 is 0 Å². The molecule has 5 aliphatic rings. The van der Waals surface area contributed by atoms with Gasteiger partial charge in [0.25, 0.3) is 0 Å². The van der Waals surface area contributed by atoms with Gasteiger partial charge in [-0.2, -0.15) is 0 Å². The Labute approximate surface area is 290 Å². The fraction of sp³-hybridized carbons (Fsp3) is 0.600. The number of ether oxygens (including phenoxy) is 5. The molecule has 49 heavy (non-hydrogen) atoms. The molecule has 3 fully saturated rings. The van der Waals surface area contributed by atoms with Crippen LogP contribution in [0.15, 0.2) is 77.4 Å². The molecule has 2 N–H and O–H groups in total. The number of ketones is 1. The largest absolute Gasteiger partial charge is 0.462 e. The van der Waals surface area contributed by atoms with E-state index in [9.17, 15) is 19.8 Å². The summed E-state index contributed by atoms with van der Waals surface area (Å²) < 4.78 is 32.1. The van der Waals surface area contributed by atoms with Crippen molar-refractivity contribution in [3.8, 4) is 0 Å². The number of aliphatic hydroxyl groups excluding tert-OH is 1. The number of benzene rings is 1. The predicted molar refractivity (Wildman–Crippen MR) is 183 cm³/mol. The van der Waals surface area contributed by atoms with E-state index in [1.165, 1.54) is 6.08 Å². The third-order valence-electron chi connectivity index (χ3n) is 11.2. The standard InChI is InChI=1S/C40H52O9/c1-6-34-24(2)17-18-39(49-34)21-31-20-30(48-39)16-15-26(4)36(45-23-33(41)28-12-8-7-9-13-28)25(3)11-10-14-29-22-46-37-35(42)27(5)19-32(38(43)47-31)40(29,37)44/h7-15,19,24-25,30-34,36-37,41,44H,6,16-18,20-23H2,1-5H3/b11-10+,26-15+,29-14+/t24-,25-,30+,31-,32-,33?,34+,36+,37+,39+,40+/m0/s1. The average molecular weight is 677 g/mol. The third kappa shape index (κ3) is 7.30. The molecule has 4 aliphatic heterocycles. The van der Waals surface area contributed by atoms with E-state index in [4.69, 9.17) is 23.7 Å². The minimum Gasteiger partial charge on any atom is -0.462 e. The summed E-state index contributed by atoms with van der Waals surface area (Å²) in [6.07, 6.45) is 9.91. The Morgan fingerprint density at radius 3 is 2.61 bits per heavy atom. The maximum absolute atomic E-state index is 14.1. The maximum Gasteiger partial charge on any atom is 0.316 e. The summed E-state index contributed by atoms with van der Waals surface area (Å²) in [6, 6.07) is 9.45. The number of allylic oxidation sites excluding steroid dienone is 2. The van der Waals surface area contributed by atoms with Gasteiger partial charge in [-0.25, -0.2) is 0 Å². The molecular formula is C40H52O9. The highest BCUT2D eigenvalue weighted by atomic mass is 16.7. The summed E-state index contributed by atoms with van der Waals surface area (Å²) in [7, 11) is 0. The van der Waals surface area contributed by atoms with Gasteiger partial charge in [-0.3, -0.25) is 9.59 Å². The Balaban J connectivity index is 1.36. The lowest BCUT2D eigenvalue weighted by atomic mass is 9.71. The molecule has 0 radical (unpaired) electrons. The van der Waals surface area contributed by atoms with Crippen LogP contribution in [-0.2, 0) is 33.3 Å². The van der Waals surface area contributed by atoms with E-state index in [1.54, 1.807) is 13.0 Å². The molecule has 2 bridgehead atoms. The molecule has 1 aliphatic carbocycles. The molecule has 1 spiro atoms. The van der Waals surface area contributed by atoms with E-state index < -0.39 is 41.6 Å². The number of hydrogen-bond acceptors (Lipinski definition) is 9. The van der Waals surface area contributed by atoms with Crippen molar-refractivity contribution in [2.45, 2.75) is 121 Å². The van der Waals surface area contributed by atoms with Crippen molar-refractivity contribution in [1.29, 1.82) is 0 Å². The van der Waals surface area contributed by atoms with Gasteiger partial charge < -0.3 is 33.9 Å². The number of carbonyl (C=O) groups excluding carboxylic acids is 2. The lowest BCUT2D eigenvalue weighted by Gasteiger charge is -2.49. The van der Waals surface area contributed by atoms with Gasteiger partial charge in [0, 0.05) is 25.2 Å². The van der Waals surface area contributed by atoms with Gasteiger partial charge >= 0.3 is 5.97 Å². The zero-order valence-corrected chi connectivity index (χ0v) is 29.4. The summed E-state index contributed by atoms with van der Waals surface area (Å²) in [4.78, 5) is 27.3. The van der Waals surface area contributed by atoms with Crippen LogP contribution in [0.3, 0.4) is 0 Å². The van der Waals surface area contributed by atoms with E-state index in [2.05, 4.69) is 19.9 Å². The molecule has 9 nitrogen and oxygen atoms in total. The lowest BCUT2D eigenvalue weighted by Crippen LogP contribution is -2.57. The van der Waals surface area contributed by atoms with Crippen molar-refractivity contribution < 1.29 is 43.5 Å². The van der Waals surface area contributed by atoms with Gasteiger partial charge in [0.1, 0.15) is 23.7 Å². The van der Waals surface area contributed by atoms with E-state index >= 15 is 0 Å². The highest BCUT2D eigenvalue weighted by Crippen LogP contribution is 2.46. The number of esters is 1. The second-order valence-electron chi connectivity index (χ2n) is 14.7. The van der Waals surface area contributed by atoms with Gasteiger partial charge in [0.15, 0.2) is 17.7 Å². The quantitative estimate of drug-likeness (QED) is 0.292. The lowest BCUT2D eigenvalue weighted by molar-refractivity contribution is -0.335. The van der Waals surface area contributed by atoms with Crippen molar-refractivity contribution >= 4 is 11.8 Å². The first-order valence-corrected chi connectivity index (χ1v) is 18.0. The van der Waals surface area contributed by atoms with Gasteiger partial charge in [-0.1, -0.05) is 81.5 Å². The maximum atomic E-state index is 14.1. The molecule has 0 amide bonds. The van der Waals surface area contributed by atoms with Crippen molar-refractivity contribution in [3.63, 3.8) is 0 Å². The van der Waals surface area contributed by atoms with Crippen LogP contribution in [0.1, 0.15) is 84.8 Å². The van der Waals surface area contributed by atoms with Crippen LogP contribution in [0.2, 0.25) is 0 Å². The molecule has 11 atom stereocenters. The average Bonchev–Trinajstić information content (AvgIpc) is 3.43. The molecule has 1 aromatic rings. The topological polar surface area (TPSA) is 121 Å². The number of carbonyl (C=O) groups is 2. The Hall–Kier alpha value is -2.92. The number of fused-ring (bicyclic) bond motifs is 2. The van der Waals surface area contributed by atoms with Crippen LogP contribution in [0, 0.1) is 17.8 Å². The molecule has 0 saturated carbocycles. The first kappa shape index (κ1) is 35.9. The predicted octanol–water partition coefficient (Wildman–Crippen LogP) is 5.86. The zero-order chi connectivity index (χ0) is 34.9. The normalized spacial score (nSPS) is 41.8. The Bertz CT molecular complexity index is 1500.